The average Bonchev–Trinajstić information content (AvgIpc) is 2.81. The molecule has 2 nitrogen and oxygen atoms in total. The van der Waals surface area contributed by atoms with E-state index in [1.54, 1.807) is 0 Å². The summed E-state index contributed by atoms with van der Waals surface area (Å²) in [4.78, 5) is 11.9. The van der Waals surface area contributed by atoms with Gasteiger partial charge in [-0.05, 0) is 37.5 Å². The maximum atomic E-state index is 11.9. The number of allylic oxidation sites excluding steroid dienone is 1. The Bertz CT molecular complexity index is 268. The number of carbonyl (C=O) groups excluding carboxylic acids is 1. The topological polar surface area (TPSA) is 29.1 Å². The lowest BCUT2D eigenvalue weighted by molar-refractivity contribution is -0.126. The molecule has 0 aromatic heterocycles. The van der Waals surface area contributed by atoms with Crippen LogP contribution in [0.5, 0.6) is 0 Å². The summed E-state index contributed by atoms with van der Waals surface area (Å²) in [7, 11) is 0. The molecule has 0 saturated heterocycles. The molecule has 3 unspecified atom stereocenters. The van der Waals surface area contributed by atoms with Crippen LogP contribution in [0.4, 0.5) is 0 Å². The predicted molar refractivity (Wildman–Crippen MR) is 61.4 cm³/mol. The fourth-order valence-corrected chi connectivity index (χ4v) is 2.91. The van der Waals surface area contributed by atoms with Gasteiger partial charge in [-0.3, -0.25) is 4.79 Å². The third kappa shape index (κ3) is 2.09. The van der Waals surface area contributed by atoms with Crippen molar-refractivity contribution in [3.05, 3.63) is 12.2 Å². The third-order valence-corrected chi connectivity index (χ3v) is 3.96. The highest BCUT2D eigenvalue weighted by atomic mass is 16.1. The summed E-state index contributed by atoms with van der Waals surface area (Å²) in [5.74, 6) is 1.84. The molecule has 0 heterocycles. The molecule has 15 heavy (non-hydrogen) atoms. The Labute approximate surface area is 92.1 Å². The number of fused-ring (bicyclic) bond motifs is 2. The summed E-state index contributed by atoms with van der Waals surface area (Å²) in [5.41, 5.74) is 0. The molecule has 2 rings (SSSR count). The van der Waals surface area contributed by atoms with Gasteiger partial charge in [0.05, 0.1) is 0 Å². The quantitative estimate of drug-likeness (QED) is 0.705. The van der Waals surface area contributed by atoms with Gasteiger partial charge in [0.15, 0.2) is 0 Å². The van der Waals surface area contributed by atoms with Crippen molar-refractivity contribution < 1.29 is 4.79 Å². The predicted octanol–water partition coefficient (Wildman–Crippen LogP) is 2.50. The van der Waals surface area contributed by atoms with E-state index in [1.165, 1.54) is 6.42 Å². The zero-order valence-corrected chi connectivity index (χ0v) is 9.70. The first kappa shape index (κ1) is 10.7. The van der Waals surface area contributed by atoms with E-state index in [9.17, 15) is 4.79 Å². The number of amides is 1. The van der Waals surface area contributed by atoms with E-state index in [2.05, 4.69) is 31.3 Å². The van der Waals surface area contributed by atoms with E-state index in [1.807, 2.05) is 0 Å². The van der Waals surface area contributed by atoms with Gasteiger partial charge >= 0.3 is 0 Å². The van der Waals surface area contributed by atoms with Gasteiger partial charge in [0.2, 0.25) is 5.91 Å². The van der Waals surface area contributed by atoms with Gasteiger partial charge in [0, 0.05) is 12.0 Å². The minimum Gasteiger partial charge on any atom is -0.353 e. The molecule has 2 bridgehead atoms. The SMILES string of the molecule is CCC(CC)C(=O)NC1CC2C=CC1C2. The summed E-state index contributed by atoms with van der Waals surface area (Å²) in [6, 6.07) is 0.424. The van der Waals surface area contributed by atoms with Gasteiger partial charge < -0.3 is 5.32 Å². The van der Waals surface area contributed by atoms with Gasteiger partial charge in [-0.25, -0.2) is 0 Å². The maximum Gasteiger partial charge on any atom is 0.223 e. The van der Waals surface area contributed by atoms with Crippen molar-refractivity contribution in [1.82, 2.24) is 5.32 Å². The molecule has 0 radical (unpaired) electrons. The lowest BCUT2D eigenvalue weighted by Gasteiger charge is -2.22. The van der Waals surface area contributed by atoms with E-state index in [0.29, 0.717) is 12.0 Å². The lowest BCUT2D eigenvalue weighted by Crippen LogP contribution is -2.40. The average molecular weight is 207 g/mol. The Morgan fingerprint density at radius 2 is 2.07 bits per heavy atom. The van der Waals surface area contributed by atoms with Crippen LogP contribution in [0.15, 0.2) is 12.2 Å². The van der Waals surface area contributed by atoms with Crippen molar-refractivity contribution in [2.24, 2.45) is 17.8 Å². The molecule has 1 N–H and O–H groups in total. The first-order chi connectivity index (χ1) is 7.24. The molecule has 1 saturated carbocycles. The second kappa shape index (κ2) is 4.38. The molecule has 0 spiro atoms. The summed E-state index contributed by atoms with van der Waals surface area (Å²) < 4.78 is 0. The van der Waals surface area contributed by atoms with Crippen molar-refractivity contribution in [3.63, 3.8) is 0 Å². The van der Waals surface area contributed by atoms with Gasteiger partial charge in [-0.15, -0.1) is 0 Å². The summed E-state index contributed by atoms with van der Waals surface area (Å²) in [6.07, 6.45) is 8.93. The normalized spacial score (nSPS) is 32.6. The number of rotatable bonds is 4. The van der Waals surface area contributed by atoms with Crippen LogP contribution in [-0.2, 0) is 4.79 Å². The molecule has 2 aliphatic rings. The van der Waals surface area contributed by atoms with E-state index in [-0.39, 0.29) is 11.8 Å². The van der Waals surface area contributed by atoms with Crippen LogP contribution < -0.4 is 5.32 Å². The van der Waals surface area contributed by atoms with Crippen LogP contribution in [0.25, 0.3) is 0 Å². The Morgan fingerprint density at radius 1 is 1.33 bits per heavy atom. The van der Waals surface area contributed by atoms with Gasteiger partial charge in [0.25, 0.3) is 0 Å². The van der Waals surface area contributed by atoms with Crippen LogP contribution in [0.3, 0.4) is 0 Å². The van der Waals surface area contributed by atoms with Crippen molar-refractivity contribution in [2.45, 2.75) is 45.6 Å². The Hall–Kier alpha value is -0.790. The molecular formula is C13H21NO. The van der Waals surface area contributed by atoms with Crippen LogP contribution in [0.1, 0.15) is 39.5 Å². The highest BCUT2D eigenvalue weighted by molar-refractivity contribution is 5.79. The van der Waals surface area contributed by atoms with Crippen LogP contribution in [0, 0.1) is 17.8 Å². The smallest absolute Gasteiger partial charge is 0.223 e. The number of nitrogens with one attached hydrogen (secondary N) is 1. The van der Waals surface area contributed by atoms with Crippen molar-refractivity contribution in [2.75, 3.05) is 0 Å². The second-order valence-corrected chi connectivity index (χ2v) is 4.91. The zero-order chi connectivity index (χ0) is 10.8. The second-order valence-electron chi connectivity index (χ2n) is 4.91. The number of hydrogen-bond acceptors (Lipinski definition) is 1. The van der Waals surface area contributed by atoms with E-state index in [4.69, 9.17) is 0 Å². The molecule has 0 aromatic rings. The Kier molecular flexibility index (Phi) is 3.13. The van der Waals surface area contributed by atoms with E-state index >= 15 is 0 Å². The molecule has 0 aromatic carbocycles. The van der Waals surface area contributed by atoms with E-state index < -0.39 is 0 Å². The number of hydrogen-bond donors (Lipinski definition) is 1. The number of carbonyl (C=O) groups is 1. The van der Waals surface area contributed by atoms with Crippen LogP contribution in [-0.4, -0.2) is 11.9 Å². The molecule has 3 atom stereocenters. The highest BCUT2D eigenvalue weighted by Crippen LogP contribution is 2.39. The van der Waals surface area contributed by atoms with Crippen LogP contribution >= 0.6 is 0 Å². The molecule has 2 heteroatoms. The van der Waals surface area contributed by atoms with E-state index in [0.717, 1.165) is 25.2 Å². The summed E-state index contributed by atoms with van der Waals surface area (Å²) in [6.45, 7) is 4.18. The maximum absolute atomic E-state index is 11.9. The molecule has 1 amide bonds. The van der Waals surface area contributed by atoms with Crippen molar-refractivity contribution >= 4 is 5.91 Å². The van der Waals surface area contributed by atoms with Gasteiger partial charge in [-0.2, -0.15) is 0 Å². The Balaban J connectivity index is 1.87. The molecule has 2 aliphatic carbocycles. The first-order valence-electron chi connectivity index (χ1n) is 6.23. The molecule has 0 aliphatic heterocycles. The molecule has 1 fully saturated rings. The van der Waals surface area contributed by atoms with Crippen LogP contribution in [0.2, 0.25) is 0 Å². The highest BCUT2D eigenvalue weighted by Gasteiger charge is 2.36. The van der Waals surface area contributed by atoms with Crippen molar-refractivity contribution in [3.8, 4) is 0 Å². The fourth-order valence-electron chi connectivity index (χ4n) is 2.91. The minimum atomic E-state index is 0.216. The molecule has 84 valence electrons. The largest absolute Gasteiger partial charge is 0.353 e. The van der Waals surface area contributed by atoms with Crippen molar-refractivity contribution in [1.29, 1.82) is 0 Å². The lowest BCUT2D eigenvalue weighted by atomic mass is 9.98. The molecular weight excluding hydrogens is 186 g/mol. The standard InChI is InChI=1S/C13H21NO/c1-3-10(4-2)13(15)14-12-8-9-5-6-11(12)7-9/h5-6,9-12H,3-4,7-8H2,1-2H3,(H,14,15). The third-order valence-electron chi connectivity index (χ3n) is 3.96. The summed E-state index contributed by atoms with van der Waals surface area (Å²) in [5, 5.41) is 3.22. The first-order valence-corrected chi connectivity index (χ1v) is 6.23. The zero-order valence-electron chi connectivity index (χ0n) is 9.70. The van der Waals surface area contributed by atoms with Gasteiger partial charge in [-0.1, -0.05) is 26.0 Å². The Morgan fingerprint density at radius 3 is 2.53 bits per heavy atom. The fraction of sp³-hybridized carbons (Fsp3) is 0.769. The summed E-state index contributed by atoms with van der Waals surface area (Å²) >= 11 is 0. The minimum absolute atomic E-state index is 0.216. The monoisotopic (exact) mass is 207 g/mol. The van der Waals surface area contributed by atoms with Gasteiger partial charge in [0.1, 0.15) is 0 Å².